The van der Waals surface area contributed by atoms with Crippen LogP contribution in [0, 0.1) is 0 Å². The van der Waals surface area contributed by atoms with E-state index in [4.69, 9.17) is 5.11 Å². The summed E-state index contributed by atoms with van der Waals surface area (Å²) in [5, 5.41) is 8.98. The van der Waals surface area contributed by atoms with Crippen molar-refractivity contribution in [1.82, 2.24) is 0 Å². The molecule has 0 heterocycles. The molecular formula is C7H12O5. The Hall–Kier alpha value is -1.10. The van der Waals surface area contributed by atoms with Gasteiger partial charge in [-0.15, -0.1) is 0 Å². The van der Waals surface area contributed by atoms with Gasteiger partial charge in [-0.05, 0) is 6.42 Å². The number of carbonyl (C=O) groups excluding carboxylic acids is 2. The van der Waals surface area contributed by atoms with Gasteiger partial charge < -0.3 is 14.6 Å². The fourth-order valence-electron chi connectivity index (χ4n) is 0.611. The van der Waals surface area contributed by atoms with Crippen molar-refractivity contribution in [3.05, 3.63) is 0 Å². The minimum Gasteiger partial charge on any atom is -0.469 e. The number of hydrogen-bond acceptors (Lipinski definition) is 5. The first kappa shape index (κ1) is 10.9. The van der Waals surface area contributed by atoms with E-state index in [0.29, 0.717) is 0 Å². The fourth-order valence-corrected chi connectivity index (χ4v) is 0.611. The third-order valence-electron chi connectivity index (χ3n) is 1.32. The lowest BCUT2D eigenvalue weighted by Gasteiger charge is -2.06. The third kappa shape index (κ3) is 3.92. The Labute approximate surface area is 70.3 Å². The lowest BCUT2D eigenvalue weighted by Crippen LogP contribution is -2.22. The Morgan fingerprint density at radius 2 is 1.92 bits per heavy atom. The Kier molecular flexibility index (Phi) is 5.03. The van der Waals surface area contributed by atoms with E-state index in [1.807, 2.05) is 0 Å². The summed E-state index contributed by atoms with van der Waals surface area (Å²) >= 11 is 0. The van der Waals surface area contributed by atoms with Crippen LogP contribution >= 0.6 is 0 Å². The summed E-state index contributed by atoms with van der Waals surface area (Å²) < 4.78 is 8.55. The molecule has 0 aromatic heterocycles. The van der Waals surface area contributed by atoms with Crippen LogP contribution in [0.4, 0.5) is 0 Å². The Balaban J connectivity index is 3.63. The maximum absolute atomic E-state index is 10.6. The second-order valence-electron chi connectivity index (χ2n) is 2.15. The van der Waals surface area contributed by atoms with Crippen molar-refractivity contribution in [2.45, 2.75) is 18.9 Å². The molecule has 1 unspecified atom stereocenters. The number of aliphatic hydroxyl groups excluding tert-OH is 1. The van der Waals surface area contributed by atoms with Crippen LogP contribution in [-0.4, -0.2) is 37.4 Å². The van der Waals surface area contributed by atoms with Gasteiger partial charge >= 0.3 is 11.9 Å². The average Bonchev–Trinajstić information content (AvgIpc) is 2.11. The van der Waals surface area contributed by atoms with E-state index in [-0.39, 0.29) is 12.8 Å². The van der Waals surface area contributed by atoms with E-state index in [1.54, 1.807) is 0 Å². The molecule has 12 heavy (non-hydrogen) atoms. The van der Waals surface area contributed by atoms with Crippen molar-refractivity contribution < 1.29 is 24.2 Å². The number of esters is 2. The van der Waals surface area contributed by atoms with Gasteiger partial charge in [0.05, 0.1) is 14.2 Å². The Morgan fingerprint density at radius 3 is 2.33 bits per heavy atom. The quantitative estimate of drug-likeness (QED) is 0.583. The van der Waals surface area contributed by atoms with E-state index in [9.17, 15) is 9.59 Å². The molecule has 0 spiro atoms. The second-order valence-corrected chi connectivity index (χ2v) is 2.15. The zero-order chi connectivity index (χ0) is 9.56. The number of ether oxygens (including phenoxy) is 2. The summed E-state index contributed by atoms with van der Waals surface area (Å²) in [4.78, 5) is 21.1. The number of hydrogen-bond donors (Lipinski definition) is 1. The van der Waals surface area contributed by atoms with Crippen LogP contribution in [0.5, 0.6) is 0 Å². The molecule has 0 fully saturated rings. The van der Waals surface area contributed by atoms with Gasteiger partial charge in [-0.25, -0.2) is 4.79 Å². The molecule has 0 aliphatic heterocycles. The summed E-state index contributed by atoms with van der Waals surface area (Å²) in [6.45, 7) is 0. The van der Waals surface area contributed by atoms with Gasteiger partial charge in [-0.3, -0.25) is 4.79 Å². The predicted molar refractivity (Wildman–Crippen MR) is 39.3 cm³/mol. The van der Waals surface area contributed by atoms with Crippen LogP contribution in [0.25, 0.3) is 0 Å². The van der Waals surface area contributed by atoms with Crippen LogP contribution in [0.1, 0.15) is 12.8 Å². The summed E-state index contributed by atoms with van der Waals surface area (Å²) in [6.07, 6.45) is -1.21. The van der Waals surface area contributed by atoms with Gasteiger partial charge in [-0.1, -0.05) is 0 Å². The lowest BCUT2D eigenvalue weighted by molar-refractivity contribution is -0.151. The van der Waals surface area contributed by atoms with Gasteiger partial charge in [0, 0.05) is 6.42 Å². The first-order valence-corrected chi connectivity index (χ1v) is 3.44. The van der Waals surface area contributed by atoms with Gasteiger partial charge in [-0.2, -0.15) is 0 Å². The molecule has 0 bridgehead atoms. The standard InChI is InChI=1S/C7H12O5/c1-11-6(9)4-3-5(8)7(10)12-2/h5,8H,3-4H2,1-2H3. The molecule has 0 amide bonds. The number of methoxy groups -OCH3 is 2. The topological polar surface area (TPSA) is 72.8 Å². The normalized spacial score (nSPS) is 11.9. The molecule has 0 aromatic carbocycles. The molecule has 0 aromatic rings. The molecule has 0 rings (SSSR count). The zero-order valence-corrected chi connectivity index (χ0v) is 7.07. The molecule has 70 valence electrons. The highest BCUT2D eigenvalue weighted by Gasteiger charge is 2.16. The van der Waals surface area contributed by atoms with Crippen LogP contribution in [-0.2, 0) is 19.1 Å². The molecule has 0 aliphatic rings. The summed E-state index contributed by atoms with van der Waals surface area (Å²) in [7, 11) is 2.41. The van der Waals surface area contributed by atoms with Crippen molar-refractivity contribution >= 4 is 11.9 Å². The minimum atomic E-state index is -1.24. The largest absolute Gasteiger partial charge is 0.469 e. The maximum atomic E-state index is 10.6. The minimum absolute atomic E-state index is 0.00671. The first-order chi connectivity index (χ1) is 5.61. The maximum Gasteiger partial charge on any atom is 0.334 e. The number of rotatable bonds is 4. The van der Waals surface area contributed by atoms with Gasteiger partial charge in [0.1, 0.15) is 0 Å². The van der Waals surface area contributed by atoms with Crippen LogP contribution in [0.3, 0.4) is 0 Å². The molecular weight excluding hydrogens is 164 g/mol. The molecule has 5 heteroatoms. The average molecular weight is 176 g/mol. The van der Waals surface area contributed by atoms with Crippen molar-refractivity contribution in [3.8, 4) is 0 Å². The lowest BCUT2D eigenvalue weighted by atomic mass is 10.2. The highest BCUT2D eigenvalue weighted by atomic mass is 16.5. The molecule has 1 atom stereocenters. The first-order valence-electron chi connectivity index (χ1n) is 3.44. The summed E-state index contributed by atoms with van der Waals surface area (Å²) in [5.41, 5.74) is 0. The smallest absolute Gasteiger partial charge is 0.334 e. The van der Waals surface area contributed by atoms with Crippen molar-refractivity contribution in [2.24, 2.45) is 0 Å². The van der Waals surface area contributed by atoms with E-state index < -0.39 is 18.0 Å². The van der Waals surface area contributed by atoms with Crippen molar-refractivity contribution in [1.29, 1.82) is 0 Å². The van der Waals surface area contributed by atoms with Gasteiger partial charge in [0.15, 0.2) is 6.10 Å². The SMILES string of the molecule is COC(=O)CCC(O)C(=O)OC. The van der Waals surface area contributed by atoms with Crippen LogP contribution < -0.4 is 0 Å². The van der Waals surface area contributed by atoms with E-state index >= 15 is 0 Å². The Bertz CT molecular complexity index is 165. The molecule has 1 N–H and O–H groups in total. The third-order valence-corrected chi connectivity index (χ3v) is 1.32. The predicted octanol–water partition coefficient (Wildman–Crippen LogP) is -0.527. The molecule has 5 nitrogen and oxygen atoms in total. The Morgan fingerprint density at radius 1 is 1.33 bits per heavy atom. The molecule has 0 radical (unpaired) electrons. The molecule has 0 aliphatic carbocycles. The van der Waals surface area contributed by atoms with Crippen molar-refractivity contribution in [3.63, 3.8) is 0 Å². The fraction of sp³-hybridized carbons (Fsp3) is 0.714. The number of carbonyl (C=O) groups is 2. The molecule has 0 saturated heterocycles. The van der Waals surface area contributed by atoms with E-state index in [1.165, 1.54) is 14.2 Å². The summed E-state index contributed by atoms with van der Waals surface area (Å²) in [6, 6.07) is 0. The van der Waals surface area contributed by atoms with Gasteiger partial charge in [0.25, 0.3) is 0 Å². The van der Waals surface area contributed by atoms with Crippen LogP contribution in [0.15, 0.2) is 0 Å². The highest BCUT2D eigenvalue weighted by molar-refractivity contribution is 5.75. The summed E-state index contributed by atoms with van der Waals surface area (Å²) in [5.74, 6) is -1.20. The zero-order valence-electron chi connectivity index (χ0n) is 7.07. The van der Waals surface area contributed by atoms with E-state index in [0.717, 1.165) is 0 Å². The highest BCUT2D eigenvalue weighted by Crippen LogP contribution is 1.99. The van der Waals surface area contributed by atoms with E-state index in [2.05, 4.69) is 9.47 Å². The monoisotopic (exact) mass is 176 g/mol. The van der Waals surface area contributed by atoms with Gasteiger partial charge in [0.2, 0.25) is 0 Å². The number of aliphatic hydroxyl groups is 1. The van der Waals surface area contributed by atoms with Crippen LogP contribution in [0.2, 0.25) is 0 Å². The molecule has 0 saturated carbocycles. The second kappa shape index (κ2) is 5.54. The van der Waals surface area contributed by atoms with Crippen molar-refractivity contribution in [2.75, 3.05) is 14.2 Å².